The lowest BCUT2D eigenvalue weighted by molar-refractivity contribution is -0.327. The van der Waals surface area contributed by atoms with Gasteiger partial charge in [0.25, 0.3) is 0 Å². The Morgan fingerprint density at radius 1 is 1.36 bits per heavy atom. The first-order chi connectivity index (χ1) is 10.1. The van der Waals surface area contributed by atoms with E-state index in [-0.39, 0.29) is 23.4 Å². The first-order valence-corrected chi connectivity index (χ1v) is 10.9. The molecule has 0 amide bonds. The smallest absolute Gasteiger partial charge is 0.306 e. The van der Waals surface area contributed by atoms with Crippen LogP contribution in [0.15, 0.2) is 0 Å². The molecule has 1 heterocycles. The van der Waals surface area contributed by atoms with Crippen molar-refractivity contribution in [3.8, 4) is 0 Å². The fourth-order valence-corrected chi connectivity index (χ4v) is 3.28. The van der Waals surface area contributed by atoms with Gasteiger partial charge in [0.15, 0.2) is 14.8 Å². The van der Waals surface area contributed by atoms with Gasteiger partial charge in [-0.1, -0.05) is 20.8 Å². The zero-order chi connectivity index (χ0) is 17.0. The van der Waals surface area contributed by atoms with Crippen LogP contribution >= 0.6 is 0 Å². The highest BCUT2D eigenvalue weighted by Crippen LogP contribution is 2.38. The van der Waals surface area contributed by atoms with E-state index in [1.165, 1.54) is 0 Å². The molecule has 0 radical (unpaired) electrons. The maximum atomic E-state index is 11.8. The van der Waals surface area contributed by atoms with Crippen LogP contribution in [0, 0.1) is 11.3 Å². The van der Waals surface area contributed by atoms with Gasteiger partial charge in [-0.25, -0.2) is 0 Å². The molecular weight excluding hydrogens is 300 g/mol. The average Bonchev–Trinajstić information content (AvgIpc) is 2.38. The van der Waals surface area contributed by atoms with Crippen molar-refractivity contribution in [3.05, 3.63) is 0 Å². The van der Waals surface area contributed by atoms with Crippen LogP contribution in [0.1, 0.15) is 41.0 Å². The van der Waals surface area contributed by atoms with Gasteiger partial charge in [-0.2, -0.15) is 0 Å². The quantitative estimate of drug-likeness (QED) is 0.553. The summed E-state index contributed by atoms with van der Waals surface area (Å²) >= 11 is 0. The number of hydrogen-bond donors (Lipinski definition) is 0. The second-order valence-electron chi connectivity index (χ2n) is 7.48. The second kappa shape index (κ2) is 7.90. The number of hydrogen-bond acceptors (Lipinski definition) is 5. The van der Waals surface area contributed by atoms with Crippen LogP contribution in [-0.2, 0) is 23.4 Å². The summed E-state index contributed by atoms with van der Waals surface area (Å²) in [5.74, 6) is -0.924. The van der Waals surface area contributed by atoms with Crippen molar-refractivity contribution < 1.29 is 23.4 Å². The fourth-order valence-electron chi connectivity index (χ4n) is 2.65. The van der Waals surface area contributed by atoms with Crippen molar-refractivity contribution in [2.75, 3.05) is 19.8 Å². The van der Waals surface area contributed by atoms with Crippen LogP contribution in [0.3, 0.4) is 0 Å². The van der Waals surface area contributed by atoms with E-state index in [1.807, 2.05) is 13.8 Å². The highest BCUT2D eigenvalue weighted by Gasteiger charge is 2.45. The second-order valence-corrected chi connectivity index (χ2v) is 9.91. The molecule has 1 aliphatic heterocycles. The molecule has 1 aliphatic rings. The van der Waals surface area contributed by atoms with Crippen LogP contribution < -0.4 is 0 Å². The summed E-state index contributed by atoms with van der Waals surface area (Å²) in [5, 5.41) is 0. The molecule has 0 N–H and O–H groups in total. The molecular formula is C16H32O5Si. The van der Waals surface area contributed by atoms with Gasteiger partial charge >= 0.3 is 5.97 Å². The largest absolute Gasteiger partial charge is 0.466 e. The van der Waals surface area contributed by atoms with Gasteiger partial charge in [0.05, 0.1) is 32.3 Å². The third kappa shape index (κ3) is 5.99. The lowest BCUT2D eigenvalue weighted by Gasteiger charge is -2.47. The summed E-state index contributed by atoms with van der Waals surface area (Å²) in [5.41, 5.74) is -0.0859. The van der Waals surface area contributed by atoms with E-state index in [4.69, 9.17) is 18.6 Å². The molecule has 3 atom stereocenters. The first kappa shape index (κ1) is 19.6. The van der Waals surface area contributed by atoms with E-state index in [0.717, 1.165) is 0 Å². The summed E-state index contributed by atoms with van der Waals surface area (Å²) in [6, 6.07) is 0. The van der Waals surface area contributed by atoms with Crippen molar-refractivity contribution >= 4 is 15.0 Å². The van der Waals surface area contributed by atoms with Gasteiger partial charge in [-0.15, -0.1) is 0 Å². The monoisotopic (exact) mass is 332 g/mol. The van der Waals surface area contributed by atoms with Crippen molar-refractivity contribution in [1.82, 2.24) is 0 Å². The lowest BCUT2D eigenvalue weighted by atomic mass is 9.79. The van der Waals surface area contributed by atoms with Gasteiger partial charge in [0.2, 0.25) is 0 Å². The number of rotatable bonds is 6. The fraction of sp³-hybridized carbons (Fsp3) is 0.938. The maximum absolute atomic E-state index is 11.8. The molecule has 0 spiro atoms. The Bertz CT molecular complexity index is 366. The third-order valence-corrected chi connectivity index (χ3v) is 4.51. The SMILES string of the molecule is CCOC(=O)C[C@H]1CO[C@@](C)(CO[SiH](C)C)O[C@H]1C(C)(C)C. The molecule has 22 heavy (non-hydrogen) atoms. The zero-order valence-electron chi connectivity index (χ0n) is 15.1. The summed E-state index contributed by atoms with van der Waals surface area (Å²) in [7, 11) is -1.13. The molecule has 5 nitrogen and oxygen atoms in total. The van der Waals surface area contributed by atoms with Gasteiger partial charge in [0, 0.05) is 5.92 Å². The Kier molecular flexibility index (Phi) is 7.04. The summed E-state index contributed by atoms with van der Waals surface area (Å²) in [6.45, 7) is 15.7. The number of carbonyl (C=O) groups excluding carboxylic acids is 1. The van der Waals surface area contributed by atoms with Crippen molar-refractivity contribution in [1.29, 1.82) is 0 Å². The van der Waals surface area contributed by atoms with E-state index < -0.39 is 14.8 Å². The van der Waals surface area contributed by atoms with Crippen molar-refractivity contribution in [2.24, 2.45) is 11.3 Å². The van der Waals surface area contributed by atoms with E-state index >= 15 is 0 Å². The number of esters is 1. The molecule has 1 rings (SSSR count). The minimum atomic E-state index is -1.13. The molecule has 6 heteroatoms. The Balaban J connectivity index is 2.76. The van der Waals surface area contributed by atoms with E-state index in [1.54, 1.807) is 0 Å². The molecule has 0 aromatic heterocycles. The molecule has 1 saturated heterocycles. The Labute approximate surface area is 136 Å². The highest BCUT2D eigenvalue weighted by molar-refractivity contribution is 6.48. The van der Waals surface area contributed by atoms with Crippen LogP contribution in [0.4, 0.5) is 0 Å². The van der Waals surface area contributed by atoms with Crippen LogP contribution in [-0.4, -0.2) is 46.7 Å². The highest BCUT2D eigenvalue weighted by atomic mass is 28.3. The van der Waals surface area contributed by atoms with Crippen molar-refractivity contribution in [3.63, 3.8) is 0 Å². The molecule has 130 valence electrons. The first-order valence-electron chi connectivity index (χ1n) is 8.16. The lowest BCUT2D eigenvalue weighted by Crippen LogP contribution is -2.55. The Morgan fingerprint density at radius 2 is 2.00 bits per heavy atom. The Hall–Kier alpha value is -0.433. The van der Waals surface area contributed by atoms with Gasteiger partial charge in [-0.05, 0) is 32.4 Å². The molecule has 0 unspecified atom stereocenters. The summed E-state index contributed by atoms with van der Waals surface area (Å²) < 4.78 is 23.0. The third-order valence-electron chi connectivity index (χ3n) is 3.67. The number of carbonyl (C=O) groups is 1. The molecule has 0 aromatic carbocycles. The average molecular weight is 333 g/mol. The van der Waals surface area contributed by atoms with Crippen LogP contribution in [0.2, 0.25) is 13.1 Å². The predicted molar refractivity (Wildman–Crippen MR) is 88.3 cm³/mol. The summed E-state index contributed by atoms with van der Waals surface area (Å²) in [4.78, 5) is 11.8. The predicted octanol–water partition coefficient (Wildman–Crippen LogP) is 2.73. The van der Waals surface area contributed by atoms with Gasteiger partial charge in [-0.3, -0.25) is 4.79 Å². The van der Waals surface area contributed by atoms with Gasteiger partial charge < -0.3 is 18.6 Å². The molecule has 0 aliphatic carbocycles. The Morgan fingerprint density at radius 3 is 2.50 bits per heavy atom. The molecule has 1 fully saturated rings. The minimum absolute atomic E-state index is 0.00317. The van der Waals surface area contributed by atoms with E-state index in [0.29, 0.717) is 26.2 Å². The van der Waals surface area contributed by atoms with E-state index in [2.05, 4.69) is 33.9 Å². The van der Waals surface area contributed by atoms with Crippen molar-refractivity contribution in [2.45, 2.75) is 66.0 Å². The van der Waals surface area contributed by atoms with E-state index in [9.17, 15) is 4.79 Å². The number of ether oxygens (including phenoxy) is 3. The standard InChI is InChI=1S/C16H32O5Si/c1-8-18-13(17)9-12-10-19-16(5,11-20-22(6)7)21-14(12)15(2,3)4/h12,14,22H,8-11H2,1-7H3/t12-,14+,16+/m0/s1. The minimum Gasteiger partial charge on any atom is -0.466 e. The molecule has 0 bridgehead atoms. The topological polar surface area (TPSA) is 54.0 Å². The normalized spacial score (nSPS) is 29.6. The van der Waals surface area contributed by atoms with Crippen LogP contribution in [0.5, 0.6) is 0 Å². The van der Waals surface area contributed by atoms with Gasteiger partial charge in [0.1, 0.15) is 0 Å². The molecule has 0 saturated carbocycles. The van der Waals surface area contributed by atoms with Crippen LogP contribution in [0.25, 0.3) is 0 Å². The molecule has 0 aromatic rings. The maximum Gasteiger partial charge on any atom is 0.306 e. The summed E-state index contributed by atoms with van der Waals surface area (Å²) in [6.07, 6.45) is 0.249. The zero-order valence-corrected chi connectivity index (χ0v) is 16.3.